The van der Waals surface area contributed by atoms with E-state index in [-0.39, 0.29) is 0 Å². The quantitative estimate of drug-likeness (QED) is 0.809. The molecule has 2 atom stereocenters. The second-order valence-corrected chi connectivity index (χ2v) is 5.40. The highest BCUT2D eigenvalue weighted by Gasteiger charge is 2.57. The van der Waals surface area contributed by atoms with E-state index < -0.39 is 0 Å². The fraction of sp³-hybridized carbons (Fsp3) is 0.571. The summed E-state index contributed by atoms with van der Waals surface area (Å²) in [5.41, 5.74) is 2.60. The standard InChI is InChI=1S/C14H19N3/c1-4-14(10(2)11(14)3)9-17-13-8-6-5-7-12(13)15-16-17/h5-8,10-11H,4,9H2,1-3H3. The van der Waals surface area contributed by atoms with Crippen molar-refractivity contribution >= 4 is 11.0 Å². The van der Waals surface area contributed by atoms with E-state index in [0.717, 1.165) is 29.4 Å². The van der Waals surface area contributed by atoms with Crippen LogP contribution in [0.1, 0.15) is 27.2 Å². The van der Waals surface area contributed by atoms with E-state index in [0.29, 0.717) is 5.41 Å². The Kier molecular flexibility index (Phi) is 2.25. The molecule has 90 valence electrons. The number of fused-ring (bicyclic) bond motifs is 1. The van der Waals surface area contributed by atoms with Crippen molar-refractivity contribution < 1.29 is 0 Å². The first-order valence-electron chi connectivity index (χ1n) is 6.47. The molecule has 1 saturated carbocycles. The third kappa shape index (κ3) is 1.41. The number of rotatable bonds is 3. The van der Waals surface area contributed by atoms with E-state index in [2.05, 4.69) is 47.9 Å². The molecule has 17 heavy (non-hydrogen) atoms. The minimum atomic E-state index is 0.441. The Morgan fingerprint density at radius 3 is 2.59 bits per heavy atom. The summed E-state index contributed by atoms with van der Waals surface area (Å²) in [4.78, 5) is 0. The Balaban J connectivity index is 1.96. The van der Waals surface area contributed by atoms with Gasteiger partial charge >= 0.3 is 0 Å². The van der Waals surface area contributed by atoms with Crippen LogP contribution in [0.4, 0.5) is 0 Å². The van der Waals surface area contributed by atoms with E-state index in [1.54, 1.807) is 0 Å². The van der Waals surface area contributed by atoms with Crippen molar-refractivity contribution in [1.82, 2.24) is 15.0 Å². The molecular formula is C14H19N3. The van der Waals surface area contributed by atoms with Gasteiger partial charge in [0.05, 0.1) is 5.52 Å². The topological polar surface area (TPSA) is 30.7 Å². The molecule has 1 aromatic heterocycles. The minimum absolute atomic E-state index is 0.441. The number of hydrogen-bond donors (Lipinski definition) is 0. The molecule has 0 spiro atoms. The highest BCUT2D eigenvalue weighted by molar-refractivity contribution is 5.73. The summed E-state index contributed by atoms with van der Waals surface area (Å²) < 4.78 is 2.08. The first-order valence-corrected chi connectivity index (χ1v) is 6.47. The van der Waals surface area contributed by atoms with Gasteiger partial charge in [0.1, 0.15) is 5.52 Å². The van der Waals surface area contributed by atoms with Gasteiger partial charge in [0.15, 0.2) is 0 Å². The molecule has 3 heteroatoms. The second-order valence-electron chi connectivity index (χ2n) is 5.40. The average molecular weight is 229 g/mol. The van der Waals surface area contributed by atoms with E-state index in [9.17, 15) is 0 Å². The fourth-order valence-corrected chi connectivity index (χ4v) is 3.31. The third-order valence-corrected chi connectivity index (χ3v) is 4.98. The molecule has 0 bridgehead atoms. The first-order chi connectivity index (χ1) is 8.19. The Morgan fingerprint density at radius 1 is 1.24 bits per heavy atom. The van der Waals surface area contributed by atoms with Gasteiger partial charge < -0.3 is 0 Å². The summed E-state index contributed by atoms with van der Waals surface area (Å²) in [6.07, 6.45) is 1.23. The highest BCUT2D eigenvalue weighted by atomic mass is 15.4. The van der Waals surface area contributed by atoms with Crippen molar-refractivity contribution in [2.75, 3.05) is 0 Å². The summed E-state index contributed by atoms with van der Waals surface area (Å²) in [5, 5.41) is 8.53. The second kappa shape index (κ2) is 3.56. The van der Waals surface area contributed by atoms with Crippen LogP contribution in [0, 0.1) is 17.3 Å². The van der Waals surface area contributed by atoms with E-state index >= 15 is 0 Å². The number of nitrogens with zero attached hydrogens (tertiary/aromatic N) is 3. The largest absolute Gasteiger partial charge is 0.244 e. The van der Waals surface area contributed by atoms with Crippen LogP contribution in [0.2, 0.25) is 0 Å². The van der Waals surface area contributed by atoms with E-state index in [4.69, 9.17) is 0 Å². The van der Waals surface area contributed by atoms with Crippen molar-refractivity contribution in [2.45, 2.75) is 33.7 Å². The number of hydrogen-bond acceptors (Lipinski definition) is 2. The van der Waals surface area contributed by atoms with Crippen molar-refractivity contribution in [3.63, 3.8) is 0 Å². The van der Waals surface area contributed by atoms with Crippen molar-refractivity contribution in [3.05, 3.63) is 24.3 Å². The van der Waals surface area contributed by atoms with Gasteiger partial charge in [-0.3, -0.25) is 0 Å². The van der Waals surface area contributed by atoms with Crippen molar-refractivity contribution in [3.8, 4) is 0 Å². The summed E-state index contributed by atoms with van der Waals surface area (Å²) in [5.74, 6) is 1.60. The molecule has 1 heterocycles. The van der Waals surface area contributed by atoms with Gasteiger partial charge in [0.25, 0.3) is 0 Å². The van der Waals surface area contributed by atoms with Gasteiger partial charge in [-0.1, -0.05) is 38.1 Å². The monoisotopic (exact) mass is 229 g/mol. The lowest BCUT2D eigenvalue weighted by Crippen LogP contribution is -2.15. The first kappa shape index (κ1) is 10.8. The average Bonchev–Trinajstić information content (AvgIpc) is 2.74. The highest BCUT2D eigenvalue weighted by Crippen LogP contribution is 2.61. The third-order valence-electron chi connectivity index (χ3n) is 4.98. The molecule has 2 aromatic rings. The van der Waals surface area contributed by atoms with Gasteiger partial charge in [-0.05, 0) is 35.8 Å². The zero-order valence-electron chi connectivity index (χ0n) is 10.7. The lowest BCUT2D eigenvalue weighted by Gasteiger charge is -2.15. The van der Waals surface area contributed by atoms with Crippen LogP contribution in [0.15, 0.2) is 24.3 Å². The maximum atomic E-state index is 4.30. The number of para-hydroxylation sites is 1. The van der Waals surface area contributed by atoms with Crippen LogP contribution in [-0.4, -0.2) is 15.0 Å². The maximum Gasteiger partial charge on any atom is 0.113 e. The maximum absolute atomic E-state index is 4.30. The van der Waals surface area contributed by atoms with Gasteiger partial charge in [0.2, 0.25) is 0 Å². The Bertz CT molecular complexity index is 535. The summed E-state index contributed by atoms with van der Waals surface area (Å²) in [6, 6.07) is 8.20. The molecule has 0 amide bonds. The van der Waals surface area contributed by atoms with Crippen molar-refractivity contribution in [2.24, 2.45) is 17.3 Å². The lowest BCUT2D eigenvalue weighted by atomic mass is 9.99. The normalized spacial score (nSPS) is 31.9. The molecule has 0 saturated heterocycles. The Hall–Kier alpha value is -1.38. The smallest absolute Gasteiger partial charge is 0.113 e. The van der Waals surface area contributed by atoms with Gasteiger partial charge in [-0.25, -0.2) is 4.68 Å². The number of benzene rings is 1. The van der Waals surface area contributed by atoms with E-state index in [1.807, 2.05) is 12.1 Å². The predicted molar refractivity (Wildman–Crippen MR) is 68.6 cm³/mol. The zero-order valence-corrected chi connectivity index (χ0v) is 10.7. The van der Waals surface area contributed by atoms with Gasteiger partial charge in [-0.2, -0.15) is 0 Å². The molecule has 3 nitrogen and oxygen atoms in total. The molecule has 0 N–H and O–H groups in total. The minimum Gasteiger partial charge on any atom is -0.244 e. The van der Waals surface area contributed by atoms with Crippen LogP contribution >= 0.6 is 0 Å². The molecule has 2 unspecified atom stereocenters. The predicted octanol–water partition coefficient (Wildman–Crippen LogP) is 3.11. The fourth-order valence-electron chi connectivity index (χ4n) is 3.31. The SMILES string of the molecule is CCC1(Cn2nnc3ccccc32)C(C)C1C. The number of aromatic nitrogens is 3. The van der Waals surface area contributed by atoms with Crippen LogP contribution in [-0.2, 0) is 6.54 Å². The summed E-state index contributed by atoms with van der Waals surface area (Å²) >= 11 is 0. The molecule has 1 fully saturated rings. The van der Waals surface area contributed by atoms with Crippen molar-refractivity contribution in [1.29, 1.82) is 0 Å². The molecule has 1 aliphatic rings. The molecule has 0 radical (unpaired) electrons. The van der Waals surface area contributed by atoms with Gasteiger partial charge in [0, 0.05) is 6.54 Å². The molecule has 1 aliphatic carbocycles. The molecule has 3 rings (SSSR count). The summed E-state index contributed by atoms with van der Waals surface area (Å²) in [7, 11) is 0. The molecule has 0 aliphatic heterocycles. The van der Waals surface area contributed by atoms with Gasteiger partial charge in [-0.15, -0.1) is 5.10 Å². The lowest BCUT2D eigenvalue weighted by molar-refractivity contribution is 0.341. The summed E-state index contributed by atoms with van der Waals surface area (Å²) in [6.45, 7) is 8.01. The molecular weight excluding hydrogens is 210 g/mol. The van der Waals surface area contributed by atoms with Crippen LogP contribution in [0.25, 0.3) is 11.0 Å². The molecule has 1 aromatic carbocycles. The van der Waals surface area contributed by atoms with E-state index in [1.165, 1.54) is 6.42 Å². The van der Waals surface area contributed by atoms with Crippen LogP contribution < -0.4 is 0 Å². The zero-order chi connectivity index (χ0) is 12.0. The van der Waals surface area contributed by atoms with Crippen LogP contribution in [0.3, 0.4) is 0 Å². The van der Waals surface area contributed by atoms with Crippen LogP contribution in [0.5, 0.6) is 0 Å². The Morgan fingerprint density at radius 2 is 1.94 bits per heavy atom. The Labute approximate surface area is 102 Å².